The molecule has 0 radical (unpaired) electrons. The first-order valence-corrected chi connectivity index (χ1v) is 8.67. The number of aromatic nitrogens is 2. The van der Waals surface area contributed by atoms with Crippen molar-refractivity contribution in [2.45, 2.75) is 33.7 Å². The largest absolute Gasteiger partial charge is 0.466 e. The molecule has 0 aromatic carbocycles. The highest BCUT2D eigenvalue weighted by atomic mass is 16.3. The fraction of sp³-hybridized carbons (Fsp3) is 0.556. The van der Waals surface area contributed by atoms with Crippen LogP contribution in [0.4, 0.5) is 0 Å². The Morgan fingerprint density at radius 2 is 1.96 bits per heavy atom. The van der Waals surface area contributed by atoms with Crippen LogP contribution in [0.3, 0.4) is 0 Å². The molecular formula is C18H26N4O2. The molecular weight excluding hydrogens is 304 g/mol. The smallest absolute Gasteiger partial charge is 0.257 e. The van der Waals surface area contributed by atoms with E-state index in [0.29, 0.717) is 11.3 Å². The average Bonchev–Trinajstić information content (AvgIpc) is 3.18. The Bertz CT molecular complexity index is 696. The molecule has 3 rings (SSSR count). The van der Waals surface area contributed by atoms with Crippen LogP contribution in [0.1, 0.15) is 34.6 Å². The summed E-state index contributed by atoms with van der Waals surface area (Å²) in [6.45, 7) is 11.2. The van der Waals surface area contributed by atoms with Gasteiger partial charge in [-0.1, -0.05) is 6.92 Å². The van der Waals surface area contributed by atoms with Crippen LogP contribution in [0.5, 0.6) is 0 Å². The molecule has 1 aliphatic heterocycles. The van der Waals surface area contributed by atoms with Crippen molar-refractivity contribution in [1.29, 1.82) is 0 Å². The van der Waals surface area contributed by atoms with Crippen molar-refractivity contribution in [2.24, 2.45) is 0 Å². The van der Waals surface area contributed by atoms with Gasteiger partial charge < -0.3 is 13.9 Å². The van der Waals surface area contributed by atoms with Crippen molar-refractivity contribution in [3.63, 3.8) is 0 Å². The van der Waals surface area contributed by atoms with Gasteiger partial charge in [0.05, 0.1) is 5.56 Å². The molecule has 1 amide bonds. The van der Waals surface area contributed by atoms with E-state index >= 15 is 0 Å². The number of hydrogen-bond acceptors (Lipinski definition) is 4. The zero-order valence-corrected chi connectivity index (χ0v) is 14.8. The number of nitrogens with zero attached hydrogens (tertiary/aromatic N) is 4. The van der Waals surface area contributed by atoms with Gasteiger partial charge in [0.1, 0.15) is 17.3 Å². The second-order valence-electron chi connectivity index (χ2n) is 6.35. The first-order chi connectivity index (χ1) is 11.6. The number of aryl methyl sites for hydroxylation is 3. The minimum absolute atomic E-state index is 0.0897. The minimum Gasteiger partial charge on any atom is -0.466 e. The van der Waals surface area contributed by atoms with Crippen LogP contribution < -0.4 is 0 Å². The van der Waals surface area contributed by atoms with E-state index in [1.165, 1.54) is 0 Å². The Balaban J connectivity index is 1.50. The summed E-state index contributed by atoms with van der Waals surface area (Å²) in [5.74, 6) is 2.73. The maximum Gasteiger partial charge on any atom is 0.257 e. The van der Waals surface area contributed by atoms with Gasteiger partial charge in [0, 0.05) is 58.1 Å². The molecule has 0 atom stereocenters. The van der Waals surface area contributed by atoms with Crippen molar-refractivity contribution in [1.82, 2.24) is 19.4 Å². The van der Waals surface area contributed by atoms with E-state index in [2.05, 4.69) is 21.4 Å². The highest BCUT2D eigenvalue weighted by Gasteiger charge is 2.24. The summed E-state index contributed by atoms with van der Waals surface area (Å²) in [7, 11) is 0. The van der Waals surface area contributed by atoms with Crippen molar-refractivity contribution in [3.8, 4) is 0 Å². The number of carbonyl (C=O) groups is 1. The van der Waals surface area contributed by atoms with Crippen LogP contribution in [-0.2, 0) is 13.0 Å². The molecule has 24 heavy (non-hydrogen) atoms. The molecule has 6 nitrogen and oxygen atoms in total. The summed E-state index contributed by atoms with van der Waals surface area (Å²) in [6.07, 6.45) is 4.87. The van der Waals surface area contributed by atoms with E-state index in [1.54, 1.807) is 0 Å². The Kier molecular flexibility index (Phi) is 5.04. The third kappa shape index (κ3) is 3.53. The number of carbonyl (C=O) groups excluding carboxylic acids is 1. The average molecular weight is 330 g/mol. The quantitative estimate of drug-likeness (QED) is 0.842. The topological polar surface area (TPSA) is 54.5 Å². The molecule has 0 spiro atoms. The van der Waals surface area contributed by atoms with Crippen molar-refractivity contribution < 1.29 is 9.21 Å². The minimum atomic E-state index is 0.0897. The van der Waals surface area contributed by atoms with Gasteiger partial charge in [0.2, 0.25) is 0 Å². The van der Waals surface area contributed by atoms with E-state index in [0.717, 1.165) is 57.3 Å². The van der Waals surface area contributed by atoms with E-state index in [1.807, 2.05) is 37.2 Å². The molecule has 0 saturated carbocycles. The zero-order valence-electron chi connectivity index (χ0n) is 14.8. The summed E-state index contributed by atoms with van der Waals surface area (Å²) in [5.41, 5.74) is 0.701. The van der Waals surface area contributed by atoms with Gasteiger partial charge in [-0.25, -0.2) is 4.98 Å². The maximum absolute atomic E-state index is 12.6. The summed E-state index contributed by atoms with van der Waals surface area (Å²) < 4.78 is 7.70. The summed E-state index contributed by atoms with van der Waals surface area (Å²) in [6, 6.07) is 1.84. The van der Waals surface area contributed by atoms with Gasteiger partial charge in [0.15, 0.2) is 0 Å². The van der Waals surface area contributed by atoms with Gasteiger partial charge in [-0.05, 0) is 19.9 Å². The van der Waals surface area contributed by atoms with Crippen molar-refractivity contribution in [3.05, 3.63) is 41.4 Å². The van der Waals surface area contributed by atoms with Gasteiger partial charge in [-0.15, -0.1) is 0 Å². The van der Waals surface area contributed by atoms with E-state index in [9.17, 15) is 4.79 Å². The number of amides is 1. The van der Waals surface area contributed by atoms with Gasteiger partial charge in [0.25, 0.3) is 5.91 Å². The molecule has 0 bridgehead atoms. The second-order valence-corrected chi connectivity index (χ2v) is 6.35. The zero-order chi connectivity index (χ0) is 17.1. The molecule has 1 saturated heterocycles. The number of piperazine rings is 1. The normalized spacial score (nSPS) is 15.9. The van der Waals surface area contributed by atoms with E-state index in [-0.39, 0.29) is 5.91 Å². The summed E-state index contributed by atoms with van der Waals surface area (Å²) >= 11 is 0. The summed E-state index contributed by atoms with van der Waals surface area (Å²) in [5, 5.41) is 0. The van der Waals surface area contributed by atoms with E-state index in [4.69, 9.17) is 4.42 Å². The predicted molar refractivity (Wildman–Crippen MR) is 92.1 cm³/mol. The second kappa shape index (κ2) is 7.21. The Morgan fingerprint density at radius 1 is 1.21 bits per heavy atom. The molecule has 0 unspecified atom stereocenters. The highest BCUT2D eigenvalue weighted by molar-refractivity contribution is 5.95. The monoisotopic (exact) mass is 330 g/mol. The van der Waals surface area contributed by atoms with Crippen molar-refractivity contribution >= 4 is 5.91 Å². The van der Waals surface area contributed by atoms with Crippen LogP contribution in [-0.4, -0.2) is 58.0 Å². The van der Waals surface area contributed by atoms with Crippen molar-refractivity contribution in [2.75, 3.05) is 32.7 Å². The highest BCUT2D eigenvalue weighted by Crippen LogP contribution is 2.17. The third-order valence-corrected chi connectivity index (χ3v) is 4.71. The molecule has 0 N–H and O–H groups in total. The van der Waals surface area contributed by atoms with Crippen LogP contribution in [0.15, 0.2) is 22.9 Å². The number of rotatable bonds is 5. The lowest BCUT2D eigenvalue weighted by Crippen LogP contribution is -2.49. The lowest BCUT2D eigenvalue weighted by molar-refractivity contribution is 0.0631. The molecule has 0 aliphatic carbocycles. The predicted octanol–water partition coefficient (Wildman–Crippen LogP) is 2.11. The fourth-order valence-corrected chi connectivity index (χ4v) is 3.30. The van der Waals surface area contributed by atoms with Gasteiger partial charge >= 0.3 is 0 Å². The Hall–Kier alpha value is -2.08. The van der Waals surface area contributed by atoms with Gasteiger partial charge in [-0.2, -0.15) is 0 Å². The van der Waals surface area contributed by atoms with E-state index < -0.39 is 0 Å². The summed E-state index contributed by atoms with van der Waals surface area (Å²) in [4.78, 5) is 21.3. The molecule has 1 aliphatic rings. The molecule has 3 heterocycles. The number of furan rings is 1. The third-order valence-electron chi connectivity index (χ3n) is 4.71. The maximum atomic E-state index is 12.6. The molecule has 130 valence electrons. The SMILES string of the molecule is CCc1nccn1CCN1CCN(C(=O)c2cc(C)oc2C)CC1. The molecule has 2 aromatic heterocycles. The van der Waals surface area contributed by atoms with Crippen LogP contribution in [0.2, 0.25) is 0 Å². The van der Waals surface area contributed by atoms with Gasteiger partial charge in [-0.3, -0.25) is 9.69 Å². The lowest BCUT2D eigenvalue weighted by atomic mass is 10.2. The van der Waals surface area contributed by atoms with Crippen LogP contribution in [0, 0.1) is 13.8 Å². The molecule has 2 aromatic rings. The van der Waals surface area contributed by atoms with Crippen LogP contribution >= 0.6 is 0 Å². The lowest BCUT2D eigenvalue weighted by Gasteiger charge is -2.34. The number of imidazole rings is 1. The van der Waals surface area contributed by atoms with Crippen LogP contribution in [0.25, 0.3) is 0 Å². The standard InChI is InChI=1S/C18H26N4O2/c1-4-17-19-5-6-21(17)10-7-20-8-11-22(12-9-20)18(23)16-13-14(2)24-15(16)3/h5-6,13H,4,7-12H2,1-3H3. The first-order valence-electron chi connectivity index (χ1n) is 8.67. The fourth-order valence-electron chi connectivity index (χ4n) is 3.30. The Morgan fingerprint density at radius 3 is 2.58 bits per heavy atom. The molecule has 1 fully saturated rings. The first kappa shape index (κ1) is 16.8. The number of hydrogen-bond donors (Lipinski definition) is 0. The Labute approximate surface area is 143 Å². The molecule has 6 heteroatoms.